The van der Waals surface area contributed by atoms with E-state index in [4.69, 9.17) is 9.47 Å². The van der Waals surface area contributed by atoms with E-state index in [1.807, 2.05) is 32.3 Å². The van der Waals surface area contributed by atoms with Gasteiger partial charge in [-0.05, 0) is 62.3 Å². The zero-order valence-electron chi connectivity index (χ0n) is 18.2. The van der Waals surface area contributed by atoms with Crippen molar-refractivity contribution >= 4 is 0 Å². The molecule has 2 atom stereocenters. The van der Waals surface area contributed by atoms with Crippen LogP contribution in [0.25, 0.3) is 11.3 Å². The zero-order valence-corrected chi connectivity index (χ0v) is 18.2. The highest BCUT2D eigenvalue weighted by molar-refractivity contribution is 5.60. The number of aryl methyl sites for hydroxylation is 2. The Bertz CT molecular complexity index is 832. The van der Waals surface area contributed by atoms with E-state index in [2.05, 4.69) is 20.2 Å². The van der Waals surface area contributed by atoms with Gasteiger partial charge in [0.15, 0.2) is 0 Å². The molecule has 2 saturated heterocycles. The third-order valence-corrected chi connectivity index (χ3v) is 7.18. The van der Waals surface area contributed by atoms with E-state index in [9.17, 15) is 0 Å². The van der Waals surface area contributed by atoms with Crippen LogP contribution in [0.15, 0.2) is 18.3 Å². The molecule has 2 aromatic heterocycles. The third kappa shape index (κ3) is 4.37. The van der Waals surface area contributed by atoms with E-state index < -0.39 is 0 Å². The standard InChI is InChI=1S/C23H33N5O2/c1-16-21(14-27(2)26-16)22-3-4-23(25-24-22)30-15-18-9-19-12-28(13-20(19)10-18)11-17-5-7-29-8-6-17/h3-4,14,17-20H,5-13,15H2,1-2H3. The molecule has 0 bridgehead atoms. The fourth-order valence-electron chi connectivity index (χ4n) is 5.70. The molecule has 2 aliphatic heterocycles. The highest BCUT2D eigenvalue weighted by atomic mass is 16.5. The lowest BCUT2D eigenvalue weighted by Gasteiger charge is -2.27. The Morgan fingerprint density at radius 2 is 1.83 bits per heavy atom. The van der Waals surface area contributed by atoms with Crippen LogP contribution < -0.4 is 4.74 Å². The molecule has 162 valence electrons. The lowest BCUT2D eigenvalue weighted by atomic mass is 9.99. The smallest absolute Gasteiger partial charge is 0.233 e. The Morgan fingerprint density at radius 1 is 1.07 bits per heavy atom. The second kappa shape index (κ2) is 8.63. The molecule has 3 aliphatic rings. The highest BCUT2D eigenvalue weighted by Gasteiger charge is 2.41. The normalized spacial score (nSPS) is 27.5. The van der Waals surface area contributed by atoms with Gasteiger partial charge in [-0.1, -0.05) is 0 Å². The Hall–Kier alpha value is -1.99. The summed E-state index contributed by atoms with van der Waals surface area (Å²) >= 11 is 0. The molecule has 1 aliphatic carbocycles. The molecule has 0 amide bonds. The zero-order chi connectivity index (χ0) is 20.5. The van der Waals surface area contributed by atoms with Crippen LogP contribution in [0.3, 0.4) is 0 Å². The average Bonchev–Trinajstić information content (AvgIpc) is 3.40. The van der Waals surface area contributed by atoms with Crippen LogP contribution in [0.2, 0.25) is 0 Å². The number of fused-ring (bicyclic) bond motifs is 1. The molecule has 7 heteroatoms. The SMILES string of the molecule is Cc1nn(C)cc1-c1ccc(OCC2CC3CN(CC4CCOCC4)CC3C2)nn1. The van der Waals surface area contributed by atoms with Crippen molar-refractivity contribution in [2.24, 2.45) is 30.7 Å². The van der Waals surface area contributed by atoms with Crippen molar-refractivity contribution in [1.82, 2.24) is 24.9 Å². The van der Waals surface area contributed by atoms with Crippen LogP contribution in [-0.4, -0.2) is 64.3 Å². The van der Waals surface area contributed by atoms with Gasteiger partial charge >= 0.3 is 0 Å². The van der Waals surface area contributed by atoms with E-state index in [-0.39, 0.29) is 0 Å². The number of nitrogens with zero attached hydrogens (tertiary/aromatic N) is 5. The second-order valence-corrected chi connectivity index (χ2v) is 9.50. The molecule has 2 unspecified atom stereocenters. The average molecular weight is 412 g/mol. The van der Waals surface area contributed by atoms with Crippen LogP contribution in [0, 0.1) is 30.6 Å². The number of rotatable bonds is 6. The fourth-order valence-corrected chi connectivity index (χ4v) is 5.70. The van der Waals surface area contributed by atoms with Gasteiger partial charge in [-0.3, -0.25) is 4.68 Å². The first-order chi connectivity index (χ1) is 14.6. The molecule has 1 saturated carbocycles. The summed E-state index contributed by atoms with van der Waals surface area (Å²) in [7, 11) is 1.92. The minimum Gasteiger partial charge on any atom is -0.476 e. The summed E-state index contributed by atoms with van der Waals surface area (Å²) in [6.45, 7) is 8.48. The van der Waals surface area contributed by atoms with E-state index in [1.54, 1.807) is 4.68 Å². The van der Waals surface area contributed by atoms with Gasteiger partial charge in [0.1, 0.15) is 0 Å². The molecule has 0 N–H and O–H groups in total. The molecule has 0 spiro atoms. The van der Waals surface area contributed by atoms with Gasteiger partial charge in [-0.25, -0.2) is 0 Å². The lowest BCUT2D eigenvalue weighted by Crippen LogP contribution is -2.32. The second-order valence-electron chi connectivity index (χ2n) is 9.50. The number of hydrogen-bond acceptors (Lipinski definition) is 6. The summed E-state index contributed by atoms with van der Waals surface area (Å²) < 4.78 is 13.3. The quantitative estimate of drug-likeness (QED) is 0.728. The van der Waals surface area contributed by atoms with Crippen molar-refractivity contribution in [3.8, 4) is 17.1 Å². The minimum absolute atomic E-state index is 0.624. The predicted molar refractivity (Wildman–Crippen MR) is 114 cm³/mol. The maximum atomic E-state index is 6.01. The topological polar surface area (TPSA) is 65.3 Å². The minimum atomic E-state index is 0.624. The summed E-state index contributed by atoms with van der Waals surface area (Å²) in [6, 6.07) is 3.91. The van der Waals surface area contributed by atoms with Crippen molar-refractivity contribution in [2.45, 2.75) is 32.6 Å². The van der Waals surface area contributed by atoms with Gasteiger partial charge in [0, 0.05) is 57.7 Å². The Labute approximate surface area is 178 Å². The molecule has 7 nitrogen and oxygen atoms in total. The first-order valence-electron chi connectivity index (χ1n) is 11.4. The van der Waals surface area contributed by atoms with E-state index in [1.165, 1.54) is 45.3 Å². The van der Waals surface area contributed by atoms with Gasteiger partial charge in [-0.15, -0.1) is 10.2 Å². The van der Waals surface area contributed by atoms with Crippen molar-refractivity contribution in [3.63, 3.8) is 0 Å². The number of ether oxygens (including phenoxy) is 2. The van der Waals surface area contributed by atoms with Crippen molar-refractivity contribution in [2.75, 3.05) is 39.5 Å². The lowest BCUT2D eigenvalue weighted by molar-refractivity contribution is 0.0542. The number of likely N-dealkylation sites (tertiary alicyclic amines) is 1. The molecule has 5 rings (SSSR count). The van der Waals surface area contributed by atoms with Crippen LogP contribution in [0.1, 0.15) is 31.4 Å². The van der Waals surface area contributed by atoms with Crippen LogP contribution in [-0.2, 0) is 11.8 Å². The largest absolute Gasteiger partial charge is 0.476 e. The van der Waals surface area contributed by atoms with Gasteiger partial charge in [-0.2, -0.15) is 5.10 Å². The van der Waals surface area contributed by atoms with Crippen molar-refractivity contribution < 1.29 is 9.47 Å². The maximum absolute atomic E-state index is 6.01. The van der Waals surface area contributed by atoms with Gasteiger partial charge < -0.3 is 14.4 Å². The van der Waals surface area contributed by atoms with E-state index >= 15 is 0 Å². The number of hydrogen-bond donors (Lipinski definition) is 0. The molecule has 4 heterocycles. The summed E-state index contributed by atoms with van der Waals surface area (Å²) in [5, 5.41) is 13.0. The third-order valence-electron chi connectivity index (χ3n) is 7.18. The molecule has 3 fully saturated rings. The number of aromatic nitrogens is 4. The van der Waals surface area contributed by atoms with Crippen LogP contribution >= 0.6 is 0 Å². The van der Waals surface area contributed by atoms with E-state index in [0.29, 0.717) is 11.8 Å². The molecule has 2 aromatic rings. The van der Waals surface area contributed by atoms with Crippen molar-refractivity contribution in [3.05, 3.63) is 24.0 Å². The van der Waals surface area contributed by atoms with Gasteiger partial charge in [0.2, 0.25) is 5.88 Å². The Kier molecular flexibility index (Phi) is 5.74. The van der Waals surface area contributed by atoms with Crippen molar-refractivity contribution in [1.29, 1.82) is 0 Å². The highest BCUT2D eigenvalue weighted by Crippen LogP contribution is 2.42. The van der Waals surface area contributed by atoms with Crippen LogP contribution in [0.4, 0.5) is 0 Å². The fraction of sp³-hybridized carbons (Fsp3) is 0.696. The molecule has 0 radical (unpaired) electrons. The molecular weight excluding hydrogens is 378 g/mol. The van der Waals surface area contributed by atoms with Crippen LogP contribution in [0.5, 0.6) is 5.88 Å². The Balaban J connectivity index is 1.08. The first-order valence-corrected chi connectivity index (χ1v) is 11.4. The summed E-state index contributed by atoms with van der Waals surface area (Å²) in [4.78, 5) is 2.72. The predicted octanol–water partition coefficient (Wildman–Crippen LogP) is 2.95. The monoisotopic (exact) mass is 411 g/mol. The van der Waals surface area contributed by atoms with E-state index in [0.717, 1.165) is 54.5 Å². The van der Waals surface area contributed by atoms with Gasteiger partial charge in [0.25, 0.3) is 0 Å². The maximum Gasteiger partial charge on any atom is 0.233 e. The molecule has 0 aromatic carbocycles. The molecular formula is C23H33N5O2. The summed E-state index contributed by atoms with van der Waals surface area (Å²) in [5.41, 5.74) is 2.82. The summed E-state index contributed by atoms with van der Waals surface area (Å²) in [6.07, 6.45) is 7.03. The first kappa shape index (κ1) is 19.9. The Morgan fingerprint density at radius 3 is 2.47 bits per heavy atom. The van der Waals surface area contributed by atoms with Gasteiger partial charge in [0.05, 0.1) is 18.0 Å². The summed E-state index contributed by atoms with van der Waals surface area (Å²) in [5.74, 6) is 3.81. The molecule has 30 heavy (non-hydrogen) atoms.